The summed E-state index contributed by atoms with van der Waals surface area (Å²) in [7, 11) is -2.82. The molecule has 0 aromatic heterocycles. The predicted octanol–water partition coefficient (Wildman–Crippen LogP) is 5.55. The van der Waals surface area contributed by atoms with Crippen LogP contribution in [0.4, 0.5) is 0 Å². The Bertz CT molecular complexity index is 611. The van der Waals surface area contributed by atoms with Crippen molar-refractivity contribution < 1.29 is 9.09 Å². The molecule has 1 aliphatic carbocycles. The summed E-state index contributed by atoms with van der Waals surface area (Å²) >= 11 is 0. The summed E-state index contributed by atoms with van der Waals surface area (Å²) in [6.07, 6.45) is 7.44. The lowest BCUT2D eigenvalue weighted by molar-refractivity contribution is 0.197. The molecule has 1 heterocycles. The topological polar surface area (TPSA) is 29.5 Å². The van der Waals surface area contributed by atoms with Gasteiger partial charge in [0.05, 0.1) is 6.16 Å². The van der Waals surface area contributed by atoms with Gasteiger partial charge in [0.25, 0.3) is 7.52 Å². The van der Waals surface area contributed by atoms with Gasteiger partial charge < -0.3 is 4.52 Å². The monoisotopic (exact) mass is 333 g/mol. The van der Waals surface area contributed by atoms with Crippen molar-refractivity contribution in [1.82, 2.24) is 4.67 Å². The van der Waals surface area contributed by atoms with Crippen molar-refractivity contribution in [2.75, 3.05) is 6.16 Å². The number of allylic oxidation sites excluding steroid dienone is 2. The van der Waals surface area contributed by atoms with Crippen LogP contribution in [-0.2, 0) is 9.09 Å². The van der Waals surface area contributed by atoms with Crippen molar-refractivity contribution in [3.63, 3.8) is 0 Å². The molecule has 0 spiro atoms. The zero-order chi connectivity index (χ0) is 16.4. The Morgan fingerprint density at radius 1 is 1.26 bits per heavy atom. The molecule has 3 atom stereocenters. The molecule has 1 aliphatic heterocycles. The van der Waals surface area contributed by atoms with Gasteiger partial charge in [-0.2, -0.15) is 0 Å². The fourth-order valence-corrected chi connectivity index (χ4v) is 7.14. The molecule has 1 aromatic rings. The van der Waals surface area contributed by atoms with E-state index in [1.165, 1.54) is 18.4 Å². The van der Waals surface area contributed by atoms with Crippen molar-refractivity contribution >= 4 is 7.52 Å². The van der Waals surface area contributed by atoms with Crippen LogP contribution in [-0.4, -0.2) is 22.9 Å². The van der Waals surface area contributed by atoms with Gasteiger partial charge in [0.1, 0.15) is 6.10 Å². The van der Waals surface area contributed by atoms with E-state index in [0.29, 0.717) is 6.16 Å². The first kappa shape index (κ1) is 17.0. The third-order valence-corrected chi connectivity index (χ3v) is 7.82. The third-order valence-electron chi connectivity index (χ3n) is 4.93. The second-order valence-corrected chi connectivity index (χ2v) is 9.32. The summed E-state index contributed by atoms with van der Waals surface area (Å²) in [5, 5.41) is 0. The average molecular weight is 333 g/mol. The minimum atomic E-state index is -2.82. The maximum atomic E-state index is 13.7. The number of nitrogens with zero attached hydrogens (tertiary/aromatic N) is 1. The van der Waals surface area contributed by atoms with E-state index < -0.39 is 7.52 Å². The molecular formula is C19H28NO2P. The normalized spacial score (nSPS) is 32.3. The zero-order valence-corrected chi connectivity index (χ0v) is 15.3. The summed E-state index contributed by atoms with van der Waals surface area (Å²) in [6.45, 7) is 6.39. The maximum Gasteiger partial charge on any atom is 0.277 e. The SMILES string of the molecule is CC(C)N1[C@H](C)[C@@H](c2ccccc2)O[P@]1(=O)CC1=CCCCC1. The van der Waals surface area contributed by atoms with Crippen molar-refractivity contribution in [3.8, 4) is 0 Å². The van der Waals surface area contributed by atoms with Gasteiger partial charge in [0.15, 0.2) is 0 Å². The molecule has 0 amide bonds. The minimum absolute atomic E-state index is 0.103. The van der Waals surface area contributed by atoms with Gasteiger partial charge in [-0.3, -0.25) is 4.57 Å². The third kappa shape index (κ3) is 3.47. The summed E-state index contributed by atoms with van der Waals surface area (Å²) in [5.41, 5.74) is 2.45. The van der Waals surface area contributed by atoms with Gasteiger partial charge >= 0.3 is 0 Å². The Kier molecular flexibility index (Phi) is 5.10. The van der Waals surface area contributed by atoms with Crippen LogP contribution in [0.2, 0.25) is 0 Å². The first-order valence-electron chi connectivity index (χ1n) is 8.80. The standard InChI is InChI=1S/C19H28NO2P/c1-15(2)20-16(3)19(18-12-8-5-9-13-18)22-23(20,21)14-17-10-6-4-7-11-17/h5,8-10,12-13,15-16,19H,4,6-7,11,14H2,1-3H3/t16-,19+,23-/m1/s1. The van der Waals surface area contributed by atoms with Gasteiger partial charge in [-0.25, -0.2) is 4.67 Å². The highest BCUT2D eigenvalue weighted by atomic mass is 31.2. The Balaban J connectivity index is 1.88. The number of benzene rings is 1. The predicted molar refractivity (Wildman–Crippen MR) is 95.7 cm³/mol. The van der Waals surface area contributed by atoms with E-state index in [0.717, 1.165) is 18.4 Å². The lowest BCUT2D eigenvalue weighted by atomic mass is 10.0. The maximum absolute atomic E-state index is 13.7. The van der Waals surface area contributed by atoms with Crippen LogP contribution in [0.1, 0.15) is 58.1 Å². The highest BCUT2D eigenvalue weighted by Gasteiger charge is 2.49. The van der Waals surface area contributed by atoms with Crippen molar-refractivity contribution in [3.05, 3.63) is 47.5 Å². The van der Waals surface area contributed by atoms with Crippen molar-refractivity contribution in [2.45, 2.75) is 64.6 Å². The van der Waals surface area contributed by atoms with E-state index >= 15 is 0 Å². The van der Waals surface area contributed by atoms with Crippen LogP contribution in [0.3, 0.4) is 0 Å². The lowest BCUT2D eigenvalue weighted by Gasteiger charge is -2.30. The zero-order valence-electron chi connectivity index (χ0n) is 14.4. The summed E-state index contributed by atoms with van der Waals surface area (Å²) in [6, 6.07) is 10.6. The van der Waals surface area contributed by atoms with Gasteiger partial charge in [0.2, 0.25) is 0 Å². The molecule has 1 saturated heterocycles. The summed E-state index contributed by atoms with van der Waals surface area (Å²) in [5.74, 6) is 0. The highest BCUT2D eigenvalue weighted by Crippen LogP contribution is 2.64. The highest BCUT2D eigenvalue weighted by molar-refractivity contribution is 7.57. The second-order valence-electron chi connectivity index (χ2n) is 7.05. The molecule has 2 aliphatic rings. The van der Waals surface area contributed by atoms with Crippen LogP contribution in [0.25, 0.3) is 0 Å². The van der Waals surface area contributed by atoms with E-state index in [1.807, 2.05) is 18.2 Å². The molecule has 0 bridgehead atoms. The quantitative estimate of drug-likeness (QED) is 0.534. The van der Waals surface area contributed by atoms with Crippen LogP contribution >= 0.6 is 7.52 Å². The van der Waals surface area contributed by atoms with Crippen LogP contribution < -0.4 is 0 Å². The first-order valence-corrected chi connectivity index (χ1v) is 10.6. The van der Waals surface area contributed by atoms with E-state index in [2.05, 4.69) is 43.7 Å². The van der Waals surface area contributed by atoms with E-state index in [4.69, 9.17) is 4.52 Å². The minimum Gasteiger partial charge on any atom is -0.307 e. The van der Waals surface area contributed by atoms with Gasteiger partial charge in [0, 0.05) is 12.1 Å². The Morgan fingerprint density at radius 3 is 2.61 bits per heavy atom. The summed E-state index contributed by atoms with van der Waals surface area (Å²) < 4.78 is 22.1. The number of hydrogen-bond acceptors (Lipinski definition) is 2. The molecule has 1 fully saturated rings. The molecule has 3 rings (SSSR count). The van der Waals surface area contributed by atoms with E-state index in [-0.39, 0.29) is 18.2 Å². The Labute approximate surface area is 140 Å². The van der Waals surface area contributed by atoms with Crippen LogP contribution in [0.5, 0.6) is 0 Å². The lowest BCUT2D eigenvalue weighted by Crippen LogP contribution is -2.33. The molecule has 0 N–H and O–H groups in total. The van der Waals surface area contributed by atoms with E-state index in [9.17, 15) is 4.57 Å². The first-order chi connectivity index (χ1) is 11.0. The van der Waals surface area contributed by atoms with Gasteiger partial charge in [-0.15, -0.1) is 0 Å². The number of rotatable bonds is 4. The molecule has 23 heavy (non-hydrogen) atoms. The molecule has 3 nitrogen and oxygen atoms in total. The second kappa shape index (κ2) is 6.93. The fourth-order valence-electron chi connectivity index (χ4n) is 3.96. The molecule has 4 heteroatoms. The molecular weight excluding hydrogens is 305 g/mol. The number of hydrogen-bond donors (Lipinski definition) is 0. The largest absolute Gasteiger partial charge is 0.307 e. The Morgan fingerprint density at radius 2 is 2.00 bits per heavy atom. The molecule has 0 saturated carbocycles. The smallest absolute Gasteiger partial charge is 0.277 e. The van der Waals surface area contributed by atoms with Crippen molar-refractivity contribution in [2.24, 2.45) is 0 Å². The van der Waals surface area contributed by atoms with Gasteiger partial charge in [-0.1, -0.05) is 42.0 Å². The van der Waals surface area contributed by atoms with Crippen LogP contribution in [0.15, 0.2) is 42.0 Å². The summed E-state index contributed by atoms with van der Waals surface area (Å²) in [4.78, 5) is 0. The van der Waals surface area contributed by atoms with Gasteiger partial charge in [-0.05, 0) is 52.0 Å². The molecule has 126 valence electrons. The van der Waals surface area contributed by atoms with Crippen LogP contribution in [0, 0.1) is 0 Å². The fraction of sp³-hybridized carbons (Fsp3) is 0.579. The van der Waals surface area contributed by atoms with E-state index in [1.54, 1.807) is 0 Å². The molecule has 0 unspecified atom stereocenters. The van der Waals surface area contributed by atoms with Crippen molar-refractivity contribution in [1.29, 1.82) is 0 Å². The molecule has 1 aromatic carbocycles. The average Bonchev–Trinajstić information content (AvgIpc) is 2.80. The Hall–Kier alpha value is -0.890. The molecule has 0 radical (unpaired) electrons.